The number of benzene rings is 2. The predicted octanol–water partition coefficient (Wildman–Crippen LogP) is 2.92. The molecule has 5 rings (SSSR count). The van der Waals surface area contributed by atoms with Gasteiger partial charge in [-0.25, -0.2) is 8.48 Å². The maximum Gasteiger partial charge on any atom is 0.244 e. The molecule has 1 unspecified atom stereocenters. The number of hydrogen-bond acceptors (Lipinski definition) is 6. The fourth-order valence-electron chi connectivity index (χ4n) is 3.67. The highest BCUT2D eigenvalue weighted by molar-refractivity contribution is 7.97. The van der Waals surface area contributed by atoms with Crippen molar-refractivity contribution in [2.24, 2.45) is 5.73 Å². The molecule has 1 aromatic heterocycles. The molecule has 0 bridgehead atoms. The molecule has 9 heteroatoms. The highest BCUT2D eigenvalue weighted by atomic mass is 32.2. The minimum absolute atomic E-state index is 0.206. The van der Waals surface area contributed by atoms with Crippen molar-refractivity contribution in [1.29, 1.82) is 0 Å². The Bertz CT molecular complexity index is 1100. The van der Waals surface area contributed by atoms with Gasteiger partial charge in [0.1, 0.15) is 24.2 Å². The Kier molecular flexibility index (Phi) is 4.84. The second kappa shape index (κ2) is 7.66. The summed E-state index contributed by atoms with van der Waals surface area (Å²) in [5.74, 6) is 0.0776. The quantitative estimate of drug-likeness (QED) is 0.669. The third-order valence-corrected chi connectivity index (χ3v) is 6.04. The summed E-state index contributed by atoms with van der Waals surface area (Å²) in [5.41, 5.74) is 9.01. The molecule has 0 saturated carbocycles. The van der Waals surface area contributed by atoms with Crippen molar-refractivity contribution in [3.8, 4) is 5.75 Å². The number of hydrogen-bond donors (Lipinski definition) is 2. The van der Waals surface area contributed by atoms with Crippen molar-refractivity contribution < 1.29 is 13.9 Å². The fraction of sp³-hybridized carbons (Fsp3) is 0.238. The summed E-state index contributed by atoms with van der Waals surface area (Å²) < 4.78 is 21.4. The number of carbonyl (C=O) groups excluding carboxylic acids is 1. The number of nitrogens with two attached hydrogens (primary N) is 1. The zero-order chi connectivity index (χ0) is 20.7. The van der Waals surface area contributed by atoms with Crippen LogP contribution in [0.2, 0.25) is 0 Å². The van der Waals surface area contributed by atoms with Gasteiger partial charge < -0.3 is 20.7 Å². The van der Waals surface area contributed by atoms with Gasteiger partial charge in [-0.1, -0.05) is 18.2 Å². The molecule has 7 nitrogen and oxygen atoms in total. The third kappa shape index (κ3) is 3.50. The molecule has 2 aliphatic rings. The number of nitrogens with zero attached hydrogens (tertiary/aromatic N) is 3. The Morgan fingerprint density at radius 3 is 2.97 bits per heavy atom. The molecule has 3 heterocycles. The van der Waals surface area contributed by atoms with E-state index in [0.717, 1.165) is 34.1 Å². The number of halogens is 1. The molecule has 2 aliphatic heterocycles. The van der Waals surface area contributed by atoms with Gasteiger partial charge in [-0.05, 0) is 24.3 Å². The van der Waals surface area contributed by atoms with Crippen LogP contribution in [0.25, 0.3) is 0 Å². The van der Waals surface area contributed by atoms with Crippen molar-refractivity contribution in [3.63, 3.8) is 0 Å². The van der Waals surface area contributed by atoms with Crippen LogP contribution in [0.1, 0.15) is 22.9 Å². The SMILES string of the molecule is NC(C(=O)N1Cc2cn(Sc3ccc4c(c3)NCCO4)nc2C1)c1ccccc1F. The van der Waals surface area contributed by atoms with Crippen LogP contribution in [0.3, 0.4) is 0 Å². The Hall–Kier alpha value is -3.04. The van der Waals surface area contributed by atoms with E-state index >= 15 is 0 Å². The normalized spacial score (nSPS) is 15.7. The minimum atomic E-state index is -1.03. The maximum atomic E-state index is 14.0. The lowest BCUT2D eigenvalue weighted by Gasteiger charge is -2.21. The second-order valence-corrected chi connectivity index (χ2v) is 8.25. The standard InChI is InChI=1S/C21H20FN5O2S/c22-16-4-2-1-3-15(16)20(23)21(28)26-10-13-11-27(25-18(13)12-26)30-14-5-6-19-17(9-14)24-7-8-29-19/h1-6,9,11,20,24H,7-8,10,12,23H2. The van der Waals surface area contributed by atoms with Gasteiger partial charge >= 0.3 is 0 Å². The number of aromatic nitrogens is 2. The Morgan fingerprint density at radius 1 is 1.27 bits per heavy atom. The predicted molar refractivity (Wildman–Crippen MR) is 111 cm³/mol. The zero-order valence-corrected chi connectivity index (χ0v) is 16.9. The highest BCUT2D eigenvalue weighted by Gasteiger charge is 2.31. The lowest BCUT2D eigenvalue weighted by Crippen LogP contribution is -2.35. The largest absolute Gasteiger partial charge is 0.490 e. The Balaban J connectivity index is 1.26. The van der Waals surface area contributed by atoms with Crippen LogP contribution in [0.4, 0.5) is 10.1 Å². The first-order valence-corrected chi connectivity index (χ1v) is 10.4. The summed E-state index contributed by atoms with van der Waals surface area (Å²) in [6, 6.07) is 11.1. The monoisotopic (exact) mass is 425 g/mol. The molecule has 0 spiro atoms. The van der Waals surface area contributed by atoms with Crippen LogP contribution < -0.4 is 15.8 Å². The first kappa shape index (κ1) is 19.0. The van der Waals surface area contributed by atoms with Crippen LogP contribution in [0, 0.1) is 5.82 Å². The van der Waals surface area contributed by atoms with E-state index in [1.807, 2.05) is 24.4 Å². The van der Waals surface area contributed by atoms with E-state index in [2.05, 4.69) is 10.4 Å². The van der Waals surface area contributed by atoms with Gasteiger partial charge in [-0.15, -0.1) is 0 Å². The van der Waals surface area contributed by atoms with Gasteiger partial charge in [0.05, 0.1) is 17.9 Å². The lowest BCUT2D eigenvalue weighted by molar-refractivity contribution is -0.133. The second-order valence-electron chi connectivity index (χ2n) is 7.22. The summed E-state index contributed by atoms with van der Waals surface area (Å²) in [5, 5.41) is 7.92. The molecule has 2 aromatic carbocycles. The van der Waals surface area contributed by atoms with Crippen LogP contribution in [0.15, 0.2) is 53.6 Å². The Morgan fingerprint density at radius 2 is 2.13 bits per heavy atom. The summed E-state index contributed by atoms with van der Waals surface area (Å²) >= 11 is 1.49. The molecule has 3 N–H and O–H groups in total. The van der Waals surface area contributed by atoms with Gasteiger partial charge in [0.25, 0.3) is 0 Å². The smallest absolute Gasteiger partial charge is 0.244 e. The van der Waals surface area contributed by atoms with Crippen LogP contribution in [-0.2, 0) is 17.9 Å². The van der Waals surface area contributed by atoms with Crippen molar-refractivity contribution in [2.45, 2.75) is 24.0 Å². The van der Waals surface area contributed by atoms with Crippen LogP contribution in [-0.4, -0.2) is 33.1 Å². The van der Waals surface area contributed by atoms with Crippen LogP contribution >= 0.6 is 11.9 Å². The first-order chi connectivity index (χ1) is 14.6. The number of rotatable bonds is 4. The Labute approximate surface area is 177 Å². The molecule has 3 aromatic rings. The molecular formula is C21H20FN5O2S. The third-order valence-electron chi connectivity index (χ3n) is 5.20. The molecule has 1 atom stereocenters. The number of carbonyl (C=O) groups is 1. The van der Waals surface area contributed by atoms with E-state index in [9.17, 15) is 9.18 Å². The molecule has 0 fully saturated rings. The van der Waals surface area contributed by atoms with E-state index in [0.29, 0.717) is 19.7 Å². The topological polar surface area (TPSA) is 85.4 Å². The average molecular weight is 425 g/mol. The van der Waals surface area contributed by atoms with E-state index in [4.69, 9.17) is 10.5 Å². The van der Waals surface area contributed by atoms with Crippen molar-refractivity contribution in [1.82, 2.24) is 14.1 Å². The fourth-order valence-corrected chi connectivity index (χ4v) is 4.51. The maximum absolute atomic E-state index is 14.0. The van der Waals surface area contributed by atoms with Gasteiger partial charge in [-0.3, -0.25) is 4.79 Å². The van der Waals surface area contributed by atoms with Crippen molar-refractivity contribution >= 4 is 23.5 Å². The molecule has 0 aliphatic carbocycles. The summed E-state index contributed by atoms with van der Waals surface area (Å²) in [7, 11) is 0. The molecular weight excluding hydrogens is 405 g/mol. The van der Waals surface area contributed by atoms with E-state index < -0.39 is 11.9 Å². The zero-order valence-electron chi connectivity index (χ0n) is 16.0. The molecule has 0 radical (unpaired) electrons. The van der Waals surface area contributed by atoms with Gasteiger partial charge in [0, 0.05) is 47.3 Å². The summed E-state index contributed by atoms with van der Waals surface area (Å²) in [6.45, 7) is 2.23. The number of ether oxygens (including phenoxy) is 1. The van der Waals surface area contributed by atoms with E-state index in [-0.39, 0.29) is 11.5 Å². The number of fused-ring (bicyclic) bond motifs is 2. The van der Waals surface area contributed by atoms with Crippen LogP contribution in [0.5, 0.6) is 5.75 Å². The average Bonchev–Trinajstić information content (AvgIpc) is 3.31. The van der Waals surface area contributed by atoms with Gasteiger partial charge in [-0.2, -0.15) is 5.10 Å². The number of amides is 1. The number of anilines is 1. The number of nitrogens with one attached hydrogen (secondary N) is 1. The lowest BCUT2D eigenvalue weighted by atomic mass is 10.1. The minimum Gasteiger partial charge on any atom is -0.490 e. The van der Waals surface area contributed by atoms with E-state index in [1.165, 1.54) is 18.0 Å². The van der Waals surface area contributed by atoms with E-state index in [1.54, 1.807) is 27.2 Å². The van der Waals surface area contributed by atoms with Gasteiger partial charge in [0.15, 0.2) is 0 Å². The summed E-state index contributed by atoms with van der Waals surface area (Å²) in [6.07, 6.45) is 1.92. The molecule has 154 valence electrons. The van der Waals surface area contributed by atoms with Crippen molar-refractivity contribution in [3.05, 3.63) is 71.3 Å². The molecule has 0 saturated heterocycles. The van der Waals surface area contributed by atoms with Crippen molar-refractivity contribution in [2.75, 3.05) is 18.5 Å². The highest BCUT2D eigenvalue weighted by Crippen LogP contribution is 2.33. The molecule has 1 amide bonds. The molecule has 30 heavy (non-hydrogen) atoms. The van der Waals surface area contributed by atoms with Gasteiger partial charge in [0.2, 0.25) is 5.91 Å². The first-order valence-electron chi connectivity index (χ1n) is 9.64. The summed E-state index contributed by atoms with van der Waals surface area (Å²) in [4.78, 5) is 15.4.